The summed E-state index contributed by atoms with van der Waals surface area (Å²) in [6, 6.07) is 5.34. The summed E-state index contributed by atoms with van der Waals surface area (Å²) in [5.41, 5.74) is 0.761. The predicted molar refractivity (Wildman–Crippen MR) is 88.6 cm³/mol. The normalized spacial score (nSPS) is 28.4. The number of hydrogen-bond acceptors (Lipinski definition) is 4. The number of aromatic nitrogens is 1. The minimum Gasteiger partial charge on any atom is -0.481 e. The summed E-state index contributed by atoms with van der Waals surface area (Å²) < 4.78 is 0.885. The number of fused-ring (bicyclic) bond motifs is 3. The fourth-order valence-electron chi connectivity index (χ4n) is 3.66. The van der Waals surface area contributed by atoms with Crippen LogP contribution in [0.4, 0.5) is 5.13 Å². The molecule has 1 heterocycles. The molecule has 0 radical (unpaired) electrons. The number of benzene rings is 1. The zero-order valence-electron chi connectivity index (χ0n) is 11.9. The highest BCUT2D eigenvalue weighted by molar-refractivity contribution is 7.22. The number of halogens is 1. The first-order valence-corrected chi connectivity index (χ1v) is 8.50. The summed E-state index contributed by atoms with van der Waals surface area (Å²) in [6.45, 7) is 0. The van der Waals surface area contributed by atoms with E-state index >= 15 is 0 Å². The lowest BCUT2D eigenvalue weighted by Gasteiger charge is -2.23. The number of carbonyl (C=O) groups excluding carboxylic acids is 1. The van der Waals surface area contributed by atoms with Gasteiger partial charge in [-0.3, -0.25) is 9.59 Å². The van der Waals surface area contributed by atoms with Gasteiger partial charge in [-0.05, 0) is 36.5 Å². The molecule has 0 saturated heterocycles. The molecule has 4 atom stereocenters. The number of allylic oxidation sites excluding steroid dienone is 2. The molecule has 2 aromatic rings. The summed E-state index contributed by atoms with van der Waals surface area (Å²) in [5, 5.41) is 13.3. The van der Waals surface area contributed by atoms with Gasteiger partial charge in [0.2, 0.25) is 5.91 Å². The van der Waals surface area contributed by atoms with E-state index in [4.69, 9.17) is 11.6 Å². The maximum absolute atomic E-state index is 12.6. The maximum atomic E-state index is 12.6. The van der Waals surface area contributed by atoms with Crippen LogP contribution in [-0.4, -0.2) is 22.0 Å². The zero-order valence-corrected chi connectivity index (χ0v) is 13.5. The van der Waals surface area contributed by atoms with Crippen molar-refractivity contribution < 1.29 is 14.7 Å². The molecule has 5 nitrogen and oxygen atoms in total. The molecule has 2 N–H and O–H groups in total. The molecule has 1 aromatic heterocycles. The fourth-order valence-corrected chi connectivity index (χ4v) is 4.80. The lowest BCUT2D eigenvalue weighted by Crippen LogP contribution is -2.36. The SMILES string of the molecule is O=C(O)[C@H]1[C@H](C(=O)Nc2nc3ccc(Cl)cc3s2)[C@H]2C=C[C@H]1C2. The van der Waals surface area contributed by atoms with Crippen LogP contribution in [0, 0.1) is 23.7 Å². The monoisotopic (exact) mass is 348 g/mol. The van der Waals surface area contributed by atoms with Gasteiger partial charge in [0.25, 0.3) is 0 Å². The highest BCUT2D eigenvalue weighted by Crippen LogP contribution is 2.48. The molecule has 4 rings (SSSR count). The quantitative estimate of drug-likeness (QED) is 0.833. The smallest absolute Gasteiger partial charge is 0.307 e. The van der Waals surface area contributed by atoms with Crippen molar-refractivity contribution >= 4 is 50.2 Å². The largest absolute Gasteiger partial charge is 0.481 e. The van der Waals surface area contributed by atoms with E-state index < -0.39 is 17.8 Å². The summed E-state index contributed by atoms with van der Waals surface area (Å²) >= 11 is 7.29. The Kier molecular flexibility index (Phi) is 3.39. The third kappa shape index (κ3) is 2.42. The Morgan fingerprint density at radius 2 is 2.00 bits per heavy atom. The molecule has 0 unspecified atom stereocenters. The van der Waals surface area contributed by atoms with Gasteiger partial charge in [-0.2, -0.15) is 0 Å². The second-order valence-electron chi connectivity index (χ2n) is 5.96. The number of carbonyl (C=O) groups is 2. The third-order valence-corrected chi connectivity index (χ3v) is 5.80. The van der Waals surface area contributed by atoms with E-state index in [2.05, 4.69) is 10.3 Å². The minimum absolute atomic E-state index is 0.00456. The van der Waals surface area contributed by atoms with Crippen molar-refractivity contribution in [3.8, 4) is 0 Å². The highest BCUT2D eigenvalue weighted by atomic mass is 35.5. The first kappa shape index (κ1) is 14.7. The molecule has 0 aliphatic heterocycles. The maximum Gasteiger partial charge on any atom is 0.307 e. The lowest BCUT2D eigenvalue weighted by atomic mass is 9.82. The Bertz CT molecular complexity index is 847. The molecular formula is C16H13ClN2O3S. The summed E-state index contributed by atoms with van der Waals surface area (Å²) in [5.74, 6) is -2.38. The summed E-state index contributed by atoms with van der Waals surface area (Å²) in [4.78, 5) is 28.5. The number of nitrogens with one attached hydrogen (secondary N) is 1. The van der Waals surface area contributed by atoms with Crippen LogP contribution in [0.1, 0.15) is 6.42 Å². The average Bonchev–Trinajstić information content (AvgIpc) is 3.18. The number of rotatable bonds is 3. The number of aliphatic carboxylic acids is 1. The standard InChI is InChI=1S/C16H13ClN2O3S/c17-9-3-4-10-11(6-9)23-16(18-10)19-14(20)12-7-1-2-8(5-7)13(12)15(21)22/h1-4,6-8,12-13H,5H2,(H,21,22)(H,18,19,20)/t7-,8-,12+,13+/m0/s1. The van der Waals surface area contributed by atoms with Crippen molar-refractivity contribution in [3.05, 3.63) is 35.4 Å². The molecule has 118 valence electrons. The molecule has 1 fully saturated rings. The van der Waals surface area contributed by atoms with Crippen molar-refractivity contribution in [2.75, 3.05) is 5.32 Å². The van der Waals surface area contributed by atoms with Gasteiger partial charge in [0, 0.05) is 5.02 Å². The van der Waals surface area contributed by atoms with Crippen molar-refractivity contribution in [1.29, 1.82) is 0 Å². The molecule has 1 saturated carbocycles. The van der Waals surface area contributed by atoms with Gasteiger partial charge in [-0.15, -0.1) is 0 Å². The first-order valence-electron chi connectivity index (χ1n) is 7.31. The fraction of sp³-hybridized carbons (Fsp3) is 0.312. The van der Waals surface area contributed by atoms with Crippen LogP contribution >= 0.6 is 22.9 Å². The van der Waals surface area contributed by atoms with Crippen LogP contribution in [0.2, 0.25) is 5.02 Å². The van der Waals surface area contributed by atoms with E-state index in [0.717, 1.165) is 16.6 Å². The molecule has 7 heteroatoms. The van der Waals surface area contributed by atoms with Crippen LogP contribution in [0.5, 0.6) is 0 Å². The molecular weight excluding hydrogens is 336 g/mol. The van der Waals surface area contributed by atoms with Crippen LogP contribution < -0.4 is 5.32 Å². The van der Waals surface area contributed by atoms with Crippen molar-refractivity contribution in [3.63, 3.8) is 0 Å². The van der Waals surface area contributed by atoms with Crippen LogP contribution in [0.15, 0.2) is 30.4 Å². The Balaban J connectivity index is 1.59. The molecule has 2 aliphatic rings. The van der Waals surface area contributed by atoms with Gasteiger partial charge in [-0.1, -0.05) is 35.1 Å². The Morgan fingerprint density at radius 1 is 1.26 bits per heavy atom. The second-order valence-corrected chi connectivity index (χ2v) is 7.43. The van der Waals surface area contributed by atoms with E-state index in [1.807, 2.05) is 12.2 Å². The number of hydrogen-bond donors (Lipinski definition) is 2. The van der Waals surface area contributed by atoms with Crippen molar-refractivity contribution in [2.45, 2.75) is 6.42 Å². The van der Waals surface area contributed by atoms with E-state index in [1.165, 1.54) is 11.3 Å². The molecule has 1 amide bonds. The summed E-state index contributed by atoms with van der Waals surface area (Å²) in [7, 11) is 0. The van der Waals surface area contributed by atoms with Gasteiger partial charge in [0.05, 0.1) is 22.1 Å². The molecule has 1 aromatic carbocycles. The van der Waals surface area contributed by atoms with Gasteiger partial charge in [-0.25, -0.2) is 4.98 Å². The van der Waals surface area contributed by atoms with Crippen LogP contribution in [0.3, 0.4) is 0 Å². The number of carboxylic acids is 1. The van der Waals surface area contributed by atoms with Crippen LogP contribution in [0.25, 0.3) is 10.2 Å². The zero-order chi connectivity index (χ0) is 16.1. The summed E-state index contributed by atoms with van der Waals surface area (Å²) in [6.07, 6.45) is 4.63. The first-order chi connectivity index (χ1) is 11.0. The third-order valence-electron chi connectivity index (χ3n) is 4.63. The van der Waals surface area contributed by atoms with E-state index in [0.29, 0.717) is 10.2 Å². The number of amides is 1. The number of anilines is 1. The Hall–Kier alpha value is -1.92. The average molecular weight is 349 g/mol. The number of nitrogens with zero attached hydrogens (tertiary/aromatic N) is 1. The van der Waals surface area contributed by atoms with Crippen molar-refractivity contribution in [2.24, 2.45) is 23.7 Å². The van der Waals surface area contributed by atoms with Gasteiger partial charge in [0.1, 0.15) is 0 Å². The lowest BCUT2D eigenvalue weighted by molar-refractivity contribution is -0.146. The molecule has 0 spiro atoms. The Morgan fingerprint density at radius 3 is 2.74 bits per heavy atom. The van der Waals surface area contributed by atoms with Crippen LogP contribution in [-0.2, 0) is 9.59 Å². The number of thiazole rings is 1. The molecule has 2 aliphatic carbocycles. The van der Waals surface area contributed by atoms with E-state index in [-0.39, 0.29) is 17.7 Å². The van der Waals surface area contributed by atoms with Gasteiger partial charge in [0.15, 0.2) is 5.13 Å². The topological polar surface area (TPSA) is 79.3 Å². The highest BCUT2D eigenvalue weighted by Gasteiger charge is 2.51. The van der Waals surface area contributed by atoms with Crippen molar-refractivity contribution in [1.82, 2.24) is 4.98 Å². The predicted octanol–water partition coefficient (Wildman–Crippen LogP) is 3.41. The van der Waals surface area contributed by atoms with Gasteiger partial charge >= 0.3 is 5.97 Å². The molecule has 2 bridgehead atoms. The molecule has 23 heavy (non-hydrogen) atoms. The Labute approximate surface area is 141 Å². The van der Waals surface area contributed by atoms with Gasteiger partial charge < -0.3 is 10.4 Å². The second kappa shape index (κ2) is 5.32. The minimum atomic E-state index is -0.905. The van der Waals surface area contributed by atoms with E-state index in [9.17, 15) is 14.7 Å². The number of carboxylic acid groups (broad SMARTS) is 1. The van der Waals surface area contributed by atoms with E-state index in [1.54, 1.807) is 18.2 Å².